The summed E-state index contributed by atoms with van der Waals surface area (Å²) in [6.45, 7) is 3.74. The number of esters is 1. The fourth-order valence-corrected chi connectivity index (χ4v) is 3.30. The van der Waals surface area contributed by atoms with Crippen molar-refractivity contribution in [3.8, 4) is 17.1 Å². The second-order valence-corrected chi connectivity index (χ2v) is 6.84. The monoisotopic (exact) mass is 380 g/mol. The van der Waals surface area contributed by atoms with Gasteiger partial charge in [0.25, 0.3) is 0 Å². The third-order valence-electron chi connectivity index (χ3n) is 4.72. The zero-order valence-electron chi connectivity index (χ0n) is 16.7. The lowest BCUT2D eigenvalue weighted by atomic mass is 10.2. The molecule has 0 saturated heterocycles. The Labute approximate surface area is 166 Å². The predicted molar refractivity (Wildman–Crippen MR) is 111 cm³/mol. The van der Waals surface area contributed by atoms with Gasteiger partial charge in [-0.15, -0.1) is 0 Å². The van der Waals surface area contributed by atoms with Gasteiger partial charge < -0.3 is 14.0 Å². The van der Waals surface area contributed by atoms with Gasteiger partial charge in [-0.25, -0.2) is 4.98 Å². The fraction of sp³-hybridized carbons (Fsp3) is 0.391. The first-order valence-corrected chi connectivity index (χ1v) is 9.98. The minimum atomic E-state index is -0.150. The van der Waals surface area contributed by atoms with Gasteiger partial charge in [0.1, 0.15) is 11.6 Å². The van der Waals surface area contributed by atoms with Crippen LogP contribution in [0.1, 0.15) is 39.0 Å². The molecule has 0 radical (unpaired) electrons. The maximum absolute atomic E-state index is 11.1. The molecule has 28 heavy (non-hydrogen) atoms. The number of carbonyl (C=O) groups excluding carboxylic acids is 1. The van der Waals surface area contributed by atoms with E-state index in [2.05, 4.69) is 34.4 Å². The summed E-state index contributed by atoms with van der Waals surface area (Å²) in [7, 11) is 1.42. The van der Waals surface area contributed by atoms with E-state index in [0.29, 0.717) is 13.0 Å². The van der Waals surface area contributed by atoms with Crippen LogP contribution in [-0.2, 0) is 16.1 Å². The van der Waals surface area contributed by atoms with Crippen LogP contribution in [0.3, 0.4) is 0 Å². The highest BCUT2D eigenvalue weighted by molar-refractivity contribution is 5.82. The standard InChI is InChI=1S/C23H28N2O3/c1-3-15-25-21-14-13-19(28-16-9-5-8-12-22(26)27-2)17-20(21)24-23(25)18-10-6-4-7-11-18/h4,6-7,10-11,13-14,17H,3,5,8-9,12,15-16H2,1-2H3. The Morgan fingerprint density at radius 1 is 1.07 bits per heavy atom. The lowest BCUT2D eigenvalue weighted by Gasteiger charge is -2.08. The number of methoxy groups -OCH3 is 1. The molecule has 0 fully saturated rings. The van der Waals surface area contributed by atoms with Crippen LogP contribution in [0.15, 0.2) is 48.5 Å². The van der Waals surface area contributed by atoms with Crippen LogP contribution in [0.5, 0.6) is 5.75 Å². The van der Waals surface area contributed by atoms with Gasteiger partial charge in [0.15, 0.2) is 0 Å². The summed E-state index contributed by atoms with van der Waals surface area (Å²) in [5.41, 5.74) is 3.21. The van der Waals surface area contributed by atoms with Crippen LogP contribution in [0.4, 0.5) is 0 Å². The molecule has 0 aliphatic carbocycles. The van der Waals surface area contributed by atoms with Crippen molar-refractivity contribution in [3.63, 3.8) is 0 Å². The Hall–Kier alpha value is -2.82. The molecule has 1 heterocycles. The number of ether oxygens (including phenoxy) is 2. The van der Waals surface area contributed by atoms with Gasteiger partial charge in [0.2, 0.25) is 0 Å². The van der Waals surface area contributed by atoms with Crippen molar-refractivity contribution in [2.45, 2.75) is 45.6 Å². The first kappa shape index (κ1) is 19.9. The number of nitrogens with zero attached hydrogens (tertiary/aromatic N) is 2. The van der Waals surface area contributed by atoms with E-state index < -0.39 is 0 Å². The summed E-state index contributed by atoms with van der Waals surface area (Å²) in [4.78, 5) is 16.0. The highest BCUT2D eigenvalue weighted by Gasteiger charge is 2.12. The van der Waals surface area contributed by atoms with Crippen LogP contribution >= 0.6 is 0 Å². The van der Waals surface area contributed by atoms with Crippen molar-refractivity contribution in [2.24, 2.45) is 0 Å². The summed E-state index contributed by atoms with van der Waals surface area (Å²) in [5, 5.41) is 0. The van der Waals surface area contributed by atoms with E-state index >= 15 is 0 Å². The van der Waals surface area contributed by atoms with E-state index in [9.17, 15) is 4.79 Å². The molecule has 0 aliphatic rings. The third-order valence-corrected chi connectivity index (χ3v) is 4.72. The van der Waals surface area contributed by atoms with Gasteiger partial charge >= 0.3 is 5.97 Å². The van der Waals surface area contributed by atoms with Gasteiger partial charge in [-0.1, -0.05) is 37.3 Å². The first-order chi connectivity index (χ1) is 13.7. The SMILES string of the molecule is CCCn1c(-c2ccccc2)nc2cc(OCCCCCC(=O)OC)ccc21. The Bertz CT molecular complexity index is 903. The molecule has 1 aromatic heterocycles. The number of unbranched alkanes of at least 4 members (excludes halogenated alkanes) is 2. The second kappa shape index (κ2) is 9.93. The Balaban J connectivity index is 1.67. The van der Waals surface area contributed by atoms with Crippen molar-refractivity contribution in [1.29, 1.82) is 0 Å². The van der Waals surface area contributed by atoms with Gasteiger partial charge in [0, 0.05) is 24.6 Å². The molecule has 0 aliphatic heterocycles. The summed E-state index contributed by atoms with van der Waals surface area (Å²) in [5.74, 6) is 1.68. The number of imidazole rings is 1. The molecule has 0 unspecified atom stereocenters. The molecule has 2 aromatic carbocycles. The van der Waals surface area contributed by atoms with Crippen molar-refractivity contribution in [1.82, 2.24) is 9.55 Å². The molecule has 3 rings (SSSR count). The Morgan fingerprint density at radius 3 is 2.64 bits per heavy atom. The smallest absolute Gasteiger partial charge is 0.305 e. The Morgan fingerprint density at radius 2 is 1.89 bits per heavy atom. The average Bonchev–Trinajstić information content (AvgIpc) is 3.09. The molecule has 3 aromatic rings. The number of hydrogen-bond acceptors (Lipinski definition) is 4. The quantitative estimate of drug-likeness (QED) is 0.357. The lowest BCUT2D eigenvalue weighted by Crippen LogP contribution is -2.01. The second-order valence-electron chi connectivity index (χ2n) is 6.84. The minimum absolute atomic E-state index is 0.150. The number of carbonyl (C=O) groups is 1. The van der Waals surface area contributed by atoms with Crippen LogP contribution in [0.2, 0.25) is 0 Å². The maximum Gasteiger partial charge on any atom is 0.305 e. The number of aromatic nitrogens is 2. The van der Waals surface area contributed by atoms with Crippen LogP contribution in [0.25, 0.3) is 22.4 Å². The molecule has 0 N–H and O–H groups in total. The van der Waals surface area contributed by atoms with Crippen LogP contribution in [0, 0.1) is 0 Å². The van der Waals surface area contributed by atoms with Crippen LogP contribution in [-0.4, -0.2) is 29.2 Å². The normalized spacial score (nSPS) is 10.9. The summed E-state index contributed by atoms with van der Waals surface area (Å²) in [6, 6.07) is 16.4. The fourth-order valence-electron chi connectivity index (χ4n) is 3.30. The molecule has 148 valence electrons. The van der Waals surface area contributed by atoms with Crippen molar-refractivity contribution < 1.29 is 14.3 Å². The molecular weight excluding hydrogens is 352 g/mol. The van der Waals surface area contributed by atoms with E-state index in [0.717, 1.165) is 60.4 Å². The van der Waals surface area contributed by atoms with Crippen LogP contribution < -0.4 is 4.74 Å². The predicted octanol–water partition coefficient (Wildman–Crippen LogP) is 5.23. The van der Waals surface area contributed by atoms with Crippen molar-refractivity contribution in [3.05, 3.63) is 48.5 Å². The maximum atomic E-state index is 11.1. The summed E-state index contributed by atoms with van der Waals surface area (Å²) >= 11 is 0. The third kappa shape index (κ3) is 4.91. The molecule has 0 saturated carbocycles. The molecule has 0 bridgehead atoms. The first-order valence-electron chi connectivity index (χ1n) is 9.98. The average molecular weight is 380 g/mol. The molecule has 0 atom stereocenters. The number of fused-ring (bicyclic) bond motifs is 1. The minimum Gasteiger partial charge on any atom is -0.494 e. The van der Waals surface area contributed by atoms with Crippen molar-refractivity contribution in [2.75, 3.05) is 13.7 Å². The molecular formula is C23H28N2O3. The van der Waals surface area contributed by atoms with Gasteiger partial charge in [-0.2, -0.15) is 0 Å². The van der Waals surface area contributed by atoms with Gasteiger partial charge in [0.05, 0.1) is 24.8 Å². The van der Waals surface area contributed by atoms with E-state index in [1.54, 1.807) is 0 Å². The summed E-state index contributed by atoms with van der Waals surface area (Å²) < 4.78 is 12.8. The molecule has 0 amide bonds. The number of rotatable bonds is 10. The number of aryl methyl sites for hydroxylation is 1. The summed E-state index contributed by atoms with van der Waals surface area (Å²) in [6.07, 6.45) is 4.21. The topological polar surface area (TPSA) is 53.4 Å². The van der Waals surface area contributed by atoms with Gasteiger partial charge in [-0.3, -0.25) is 4.79 Å². The molecule has 5 nitrogen and oxygen atoms in total. The zero-order chi connectivity index (χ0) is 19.8. The van der Waals surface area contributed by atoms with E-state index in [1.807, 2.05) is 30.3 Å². The largest absolute Gasteiger partial charge is 0.494 e. The van der Waals surface area contributed by atoms with Gasteiger partial charge in [-0.05, 0) is 37.8 Å². The highest BCUT2D eigenvalue weighted by atomic mass is 16.5. The zero-order valence-corrected chi connectivity index (χ0v) is 16.7. The Kier molecular flexibility index (Phi) is 7.06. The highest BCUT2D eigenvalue weighted by Crippen LogP contribution is 2.28. The van der Waals surface area contributed by atoms with E-state index in [1.165, 1.54) is 7.11 Å². The number of hydrogen-bond donors (Lipinski definition) is 0. The molecule has 0 spiro atoms. The number of benzene rings is 2. The molecule has 5 heteroatoms. The van der Waals surface area contributed by atoms with Crippen molar-refractivity contribution >= 4 is 17.0 Å². The van der Waals surface area contributed by atoms with E-state index in [-0.39, 0.29) is 5.97 Å². The van der Waals surface area contributed by atoms with E-state index in [4.69, 9.17) is 9.72 Å². The lowest BCUT2D eigenvalue weighted by molar-refractivity contribution is -0.140.